The van der Waals surface area contributed by atoms with Gasteiger partial charge in [0.15, 0.2) is 5.17 Å². The Hall–Kier alpha value is -2.80. The van der Waals surface area contributed by atoms with E-state index < -0.39 is 0 Å². The highest BCUT2D eigenvalue weighted by Crippen LogP contribution is 2.35. The molecule has 2 heterocycles. The third-order valence-corrected chi connectivity index (χ3v) is 5.28. The maximum Gasteiger partial charge on any atom is 0.274 e. The molecule has 7 heteroatoms. The highest BCUT2D eigenvalue weighted by atomic mass is 32.2. The zero-order valence-corrected chi connectivity index (χ0v) is 16.8. The molecule has 146 valence electrons. The molecule has 1 aliphatic rings. The first-order valence-corrected chi connectivity index (χ1v) is 10.1. The van der Waals surface area contributed by atoms with Gasteiger partial charge in [0, 0.05) is 11.4 Å². The lowest BCUT2D eigenvalue weighted by Gasteiger charge is -2.30. The second-order valence-electron chi connectivity index (χ2n) is 6.62. The molecule has 0 saturated carbocycles. The standard InChI is InChI=1S/C21H24N4O2S/c1-3-4-11-27-17-8-9-18(23-14-17)19(26)24-16-7-5-6-15(13-16)21(2)10-12-28-20(22)25-21/h3-9,13-14H,10-12H2,1-2H3,(H2,22,25)(H,24,26)/b4-3+. The van der Waals surface area contributed by atoms with Gasteiger partial charge in [-0.1, -0.05) is 36.0 Å². The van der Waals surface area contributed by atoms with Gasteiger partial charge in [0.25, 0.3) is 5.91 Å². The highest BCUT2D eigenvalue weighted by Gasteiger charge is 2.29. The number of allylic oxidation sites excluding steroid dienone is 1. The molecule has 0 bridgehead atoms. The van der Waals surface area contributed by atoms with Crippen molar-refractivity contribution < 1.29 is 9.53 Å². The topological polar surface area (TPSA) is 89.6 Å². The predicted molar refractivity (Wildman–Crippen MR) is 115 cm³/mol. The van der Waals surface area contributed by atoms with E-state index in [4.69, 9.17) is 10.5 Å². The average molecular weight is 397 g/mol. The molecule has 0 radical (unpaired) electrons. The van der Waals surface area contributed by atoms with Crippen LogP contribution in [0.5, 0.6) is 5.75 Å². The molecule has 28 heavy (non-hydrogen) atoms. The van der Waals surface area contributed by atoms with Gasteiger partial charge >= 0.3 is 0 Å². The fourth-order valence-corrected chi connectivity index (χ4v) is 3.84. The number of aromatic nitrogens is 1. The Labute approximate surface area is 169 Å². The molecular weight excluding hydrogens is 372 g/mol. The van der Waals surface area contributed by atoms with Crippen LogP contribution in [-0.4, -0.2) is 28.4 Å². The fraction of sp³-hybridized carbons (Fsp3) is 0.286. The number of amides is 1. The van der Waals surface area contributed by atoms with E-state index in [1.165, 1.54) is 0 Å². The number of carbonyl (C=O) groups excluding carboxylic acids is 1. The molecule has 0 fully saturated rings. The van der Waals surface area contributed by atoms with Gasteiger partial charge < -0.3 is 15.8 Å². The van der Waals surface area contributed by atoms with Gasteiger partial charge in [-0.2, -0.15) is 0 Å². The van der Waals surface area contributed by atoms with Crippen molar-refractivity contribution in [2.75, 3.05) is 17.7 Å². The van der Waals surface area contributed by atoms with Crippen LogP contribution in [0, 0.1) is 0 Å². The monoisotopic (exact) mass is 396 g/mol. The van der Waals surface area contributed by atoms with Crippen molar-refractivity contribution in [1.29, 1.82) is 0 Å². The van der Waals surface area contributed by atoms with Crippen molar-refractivity contribution in [1.82, 2.24) is 4.98 Å². The molecule has 0 aliphatic carbocycles. The molecule has 6 nitrogen and oxygen atoms in total. The minimum Gasteiger partial charge on any atom is -0.488 e. The van der Waals surface area contributed by atoms with Crippen molar-refractivity contribution in [3.8, 4) is 5.75 Å². The summed E-state index contributed by atoms with van der Waals surface area (Å²) >= 11 is 1.57. The van der Waals surface area contributed by atoms with Crippen LogP contribution in [0.15, 0.2) is 59.7 Å². The third-order valence-electron chi connectivity index (χ3n) is 4.49. The SMILES string of the molecule is C/C=C/COc1ccc(C(=O)Nc2cccc(C3(C)CCSC(N)=N3)c2)nc1. The van der Waals surface area contributed by atoms with Crippen LogP contribution in [0.25, 0.3) is 0 Å². The second kappa shape index (κ2) is 8.93. The molecule has 1 atom stereocenters. The number of carbonyl (C=O) groups is 1. The van der Waals surface area contributed by atoms with E-state index in [0.29, 0.717) is 28.9 Å². The number of amidine groups is 1. The van der Waals surface area contributed by atoms with Crippen LogP contribution in [0.4, 0.5) is 5.69 Å². The number of nitrogens with zero attached hydrogens (tertiary/aromatic N) is 2. The summed E-state index contributed by atoms with van der Waals surface area (Å²) in [6.45, 7) is 4.47. The first-order chi connectivity index (χ1) is 13.5. The van der Waals surface area contributed by atoms with Crippen molar-refractivity contribution in [3.05, 3.63) is 66.0 Å². The van der Waals surface area contributed by atoms with Crippen LogP contribution >= 0.6 is 11.8 Å². The minimum atomic E-state index is -0.375. The molecule has 1 aliphatic heterocycles. The molecule has 0 spiro atoms. The molecule has 1 aromatic heterocycles. The van der Waals surface area contributed by atoms with Gasteiger partial charge in [-0.15, -0.1) is 0 Å². The van der Waals surface area contributed by atoms with Crippen molar-refractivity contribution in [3.63, 3.8) is 0 Å². The van der Waals surface area contributed by atoms with Crippen LogP contribution in [0.3, 0.4) is 0 Å². The molecule has 2 aromatic rings. The molecule has 1 aromatic carbocycles. The van der Waals surface area contributed by atoms with E-state index in [2.05, 4.69) is 22.2 Å². The number of aliphatic imine (C=N–C) groups is 1. The molecular formula is C21H24N4O2S. The van der Waals surface area contributed by atoms with Crippen molar-refractivity contribution in [2.24, 2.45) is 10.7 Å². The summed E-state index contributed by atoms with van der Waals surface area (Å²) in [5.41, 5.74) is 7.59. The minimum absolute atomic E-state index is 0.274. The van der Waals surface area contributed by atoms with Gasteiger partial charge in [-0.3, -0.25) is 9.79 Å². The first-order valence-electron chi connectivity index (χ1n) is 9.10. The van der Waals surface area contributed by atoms with Gasteiger partial charge in [-0.25, -0.2) is 4.98 Å². The number of pyridine rings is 1. The number of nitrogens with one attached hydrogen (secondary N) is 1. The van der Waals surface area contributed by atoms with E-state index in [9.17, 15) is 4.79 Å². The summed E-state index contributed by atoms with van der Waals surface area (Å²) in [5, 5.41) is 3.50. The summed E-state index contributed by atoms with van der Waals surface area (Å²) in [5.74, 6) is 1.27. The lowest BCUT2D eigenvalue weighted by molar-refractivity contribution is 0.102. The third kappa shape index (κ3) is 4.92. The maximum atomic E-state index is 12.5. The number of ether oxygens (including phenoxy) is 1. The number of thioether (sulfide) groups is 1. The van der Waals surface area contributed by atoms with Crippen LogP contribution in [-0.2, 0) is 5.54 Å². The van der Waals surface area contributed by atoms with E-state index in [0.717, 1.165) is 17.7 Å². The summed E-state index contributed by atoms with van der Waals surface area (Å²) in [4.78, 5) is 21.3. The second-order valence-corrected chi connectivity index (χ2v) is 7.73. The lowest BCUT2D eigenvalue weighted by Crippen LogP contribution is -2.28. The summed E-state index contributed by atoms with van der Waals surface area (Å²) < 4.78 is 5.50. The number of hydrogen-bond acceptors (Lipinski definition) is 6. The molecule has 3 rings (SSSR count). The Balaban J connectivity index is 1.70. The van der Waals surface area contributed by atoms with E-state index in [1.54, 1.807) is 30.1 Å². The maximum absolute atomic E-state index is 12.5. The normalized spacial score (nSPS) is 19.3. The molecule has 0 saturated heterocycles. The Kier molecular flexibility index (Phi) is 6.36. The Morgan fingerprint density at radius 3 is 2.96 bits per heavy atom. The summed E-state index contributed by atoms with van der Waals surface area (Å²) in [6, 6.07) is 11.1. The number of hydrogen-bond donors (Lipinski definition) is 2. The van der Waals surface area contributed by atoms with Gasteiger partial charge in [0.1, 0.15) is 18.1 Å². The van der Waals surface area contributed by atoms with Gasteiger partial charge in [0.05, 0.1) is 11.7 Å². The number of nitrogens with two attached hydrogens (primary N) is 1. The Morgan fingerprint density at radius 2 is 2.25 bits per heavy atom. The molecule has 3 N–H and O–H groups in total. The molecule has 1 unspecified atom stereocenters. The average Bonchev–Trinajstić information content (AvgIpc) is 2.69. The summed E-state index contributed by atoms with van der Waals surface area (Å²) in [7, 11) is 0. The van der Waals surface area contributed by atoms with Crippen LogP contribution in [0.1, 0.15) is 36.3 Å². The quantitative estimate of drug-likeness (QED) is 0.722. The fourth-order valence-electron chi connectivity index (χ4n) is 2.86. The zero-order chi connectivity index (χ0) is 20.0. The van der Waals surface area contributed by atoms with Crippen LogP contribution < -0.4 is 15.8 Å². The Morgan fingerprint density at radius 1 is 1.39 bits per heavy atom. The number of benzene rings is 1. The highest BCUT2D eigenvalue weighted by molar-refractivity contribution is 8.13. The van der Waals surface area contributed by atoms with Crippen LogP contribution in [0.2, 0.25) is 0 Å². The lowest BCUT2D eigenvalue weighted by atomic mass is 9.89. The molecule has 1 amide bonds. The predicted octanol–water partition coefficient (Wildman–Crippen LogP) is 3.96. The zero-order valence-electron chi connectivity index (χ0n) is 16.0. The summed E-state index contributed by atoms with van der Waals surface area (Å²) in [6.07, 6.45) is 6.26. The number of anilines is 1. The largest absolute Gasteiger partial charge is 0.488 e. The van der Waals surface area contributed by atoms with Crippen molar-refractivity contribution in [2.45, 2.75) is 25.8 Å². The van der Waals surface area contributed by atoms with E-state index >= 15 is 0 Å². The van der Waals surface area contributed by atoms with Crippen molar-refractivity contribution >= 4 is 28.5 Å². The number of rotatable bonds is 6. The van der Waals surface area contributed by atoms with E-state index in [-0.39, 0.29) is 11.4 Å². The smallest absolute Gasteiger partial charge is 0.274 e. The Bertz CT molecular complexity index is 896. The first kappa shape index (κ1) is 19.9. The van der Waals surface area contributed by atoms with Gasteiger partial charge in [0.2, 0.25) is 0 Å². The van der Waals surface area contributed by atoms with Gasteiger partial charge in [-0.05, 0) is 50.1 Å². The van der Waals surface area contributed by atoms with E-state index in [1.807, 2.05) is 43.3 Å².